The molecule has 0 amide bonds. The van der Waals surface area contributed by atoms with E-state index in [2.05, 4.69) is 10.2 Å². The summed E-state index contributed by atoms with van der Waals surface area (Å²) in [6.07, 6.45) is 1.57. The first-order valence-electron chi connectivity index (χ1n) is 11.0. The van der Waals surface area contributed by atoms with Crippen molar-refractivity contribution < 1.29 is 14.3 Å². The summed E-state index contributed by atoms with van der Waals surface area (Å²) in [5, 5.41) is 9.13. The molecule has 0 unspecified atom stereocenters. The second-order valence-electron chi connectivity index (χ2n) is 7.54. The lowest BCUT2D eigenvalue weighted by molar-refractivity contribution is 0.106. The average Bonchev–Trinajstić information content (AvgIpc) is 2.91. The number of rotatable bonds is 9. The molecule has 0 aliphatic heterocycles. The summed E-state index contributed by atoms with van der Waals surface area (Å²) in [5.41, 5.74) is 3.13. The minimum atomic E-state index is -0.199. The van der Waals surface area contributed by atoms with Gasteiger partial charge in [0.1, 0.15) is 12.3 Å². The summed E-state index contributed by atoms with van der Waals surface area (Å²) >= 11 is 6.21. The fraction of sp³-hybridized carbons (Fsp3) is 0.0690. The third-order valence-electron chi connectivity index (χ3n) is 5.19. The van der Waals surface area contributed by atoms with Gasteiger partial charge in [-0.3, -0.25) is 4.79 Å². The molecule has 35 heavy (non-hydrogen) atoms. The van der Waals surface area contributed by atoms with E-state index in [0.717, 1.165) is 11.1 Å². The molecule has 0 aromatic heterocycles. The van der Waals surface area contributed by atoms with Crippen molar-refractivity contribution >= 4 is 29.3 Å². The monoisotopic (exact) mass is 482 g/mol. The Morgan fingerprint density at radius 2 is 1.49 bits per heavy atom. The Hall–Kier alpha value is -4.22. The number of halogens is 1. The Morgan fingerprint density at radius 3 is 2.17 bits per heavy atom. The maximum absolute atomic E-state index is 13.1. The highest BCUT2D eigenvalue weighted by Crippen LogP contribution is 2.29. The van der Waals surface area contributed by atoms with Crippen molar-refractivity contribution in [1.29, 1.82) is 0 Å². The molecule has 0 atom stereocenters. The van der Waals surface area contributed by atoms with Crippen LogP contribution in [0.4, 0.5) is 0 Å². The van der Waals surface area contributed by atoms with Crippen LogP contribution in [0.15, 0.2) is 113 Å². The molecular weight excluding hydrogens is 460 g/mol. The molecule has 174 valence electrons. The van der Waals surface area contributed by atoms with Gasteiger partial charge in [0.05, 0.1) is 13.3 Å². The van der Waals surface area contributed by atoms with Gasteiger partial charge in [0.2, 0.25) is 5.78 Å². The van der Waals surface area contributed by atoms with Crippen LogP contribution in [0.3, 0.4) is 0 Å². The minimum absolute atomic E-state index is 0.199. The smallest absolute Gasteiger partial charge is 0.213 e. The fourth-order valence-electron chi connectivity index (χ4n) is 3.36. The summed E-state index contributed by atoms with van der Waals surface area (Å²) in [6.45, 7) is 0.315. The van der Waals surface area contributed by atoms with Crippen molar-refractivity contribution in [2.24, 2.45) is 10.2 Å². The van der Waals surface area contributed by atoms with Gasteiger partial charge in [-0.1, -0.05) is 90.5 Å². The molecule has 6 heteroatoms. The van der Waals surface area contributed by atoms with E-state index >= 15 is 0 Å². The molecule has 0 spiro atoms. The predicted octanol–water partition coefficient (Wildman–Crippen LogP) is 6.63. The molecule has 0 saturated carbocycles. The van der Waals surface area contributed by atoms with Crippen LogP contribution < -0.4 is 9.47 Å². The molecule has 0 aliphatic carbocycles. The molecule has 0 radical (unpaired) electrons. The summed E-state index contributed by atoms with van der Waals surface area (Å²) < 4.78 is 11.4. The largest absolute Gasteiger partial charge is 0.493 e. The van der Waals surface area contributed by atoms with E-state index in [1.807, 2.05) is 78.9 Å². The predicted molar refractivity (Wildman–Crippen MR) is 140 cm³/mol. The zero-order chi connectivity index (χ0) is 24.5. The normalized spacial score (nSPS) is 11.4. The van der Waals surface area contributed by atoms with E-state index in [-0.39, 0.29) is 11.5 Å². The van der Waals surface area contributed by atoms with E-state index in [1.165, 1.54) is 0 Å². The highest BCUT2D eigenvalue weighted by Gasteiger charge is 2.16. The van der Waals surface area contributed by atoms with E-state index < -0.39 is 0 Å². The third kappa shape index (κ3) is 6.22. The zero-order valence-corrected chi connectivity index (χ0v) is 19.9. The van der Waals surface area contributed by atoms with Crippen molar-refractivity contribution in [1.82, 2.24) is 0 Å². The van der Waals surface area contributed by atoms with Crippen LogP contribution in [-0.4, -0.2) is 24.8 Å². The molecule has 0 fully saturated rings. The summed E-state index contributed by atoms with van der Waals surface area (Å²) in [6, 6.07) is 31.3. The van der Waals surface area contributed by atoms with Crippen LogP contribution in [0.1, 0.15) is 27.0 Å². The molecule has 4 rings (SSSR count). The average molecular weight is 483 g/mol. The number of hydrogen-bond donors (Lipinski definition) is 0. The zero-order valence-electron chi connectivity index (χ0n) is 19.1. The number of ether oxygens (including phenoxy) is 2. The molecule has 4 aromatic carbocycles. The van der Waals surface area contributed by atoms with Crippen molar-refractivity contribution in [3.05, 3.63) is 130 Å². The maximum Gasteiger partial charge on any atom is 0.213 e. The van der Waals surface area contributed by atoms with Crippen molar-refractivity contribution in [2.45, 2.75) is 6.61 Å². The van der Waals surface area contributed by atoms with Gasteiger partial charge < -0.3 is 9.47 Å². The fourth-order valence-corrected chi connectivity index (χ4v) is 3.55. The Labute approximate surface area is 209 Å². The second kappa shape index (κ2) is 11.8. The van der Waals surface area contributed by atoms with Gasteiger partial charge in [-0.2, -0.15) is 5.10 Å². The Morgan fingerprint density at radius 1 is 0.829 bits per heavy atom. The SMILES string of the molecule is COc1cc(/C=N/N=C(/C(=O)c2ccccc2)c2ccccc2)ccc1OCc1ccccc1Cl. The summed E-state index contributed by atoms with van der Waals surface area (Å²) in [4.78, 5) is 13.1. The second-order valence-corrected chi connectivity index (χ2v) is 7.95. The number of ketones is 1. The number of Topliss-reactive ketones (excluding diaryl/α,β-unsaturated/α-hetero) is 1. The Kier molecular flexibility index (Phi) is 8.04. The highest BCUT2D eigenvalue weighted by atomic mass is 35.5. The number of methoxy groups -OCH3 is 1. The van der Waals surface area contributed by atoms with Crippen LogP contribution in [-0.2, 0) is 6.61 Å². The van der Waals surface area contributed by atoms with Crippen molar-refractivity contribution in [3.63, 3.8) is 0 Å². The molecule has 0 heterocycles. The first-order valence-corrected chi connectivity index (χ1v) is 11.3. The van der Waals surface area contributed by atoms with E-state index in [4.69, 9.17) is 21.1 Å². The van der Waals surface area contributed by atoms with Crippen LogP contribution >= 0.6 is 11.6 Å². The van der Waals surface area contributed by atoms with Crippen LogP contribution in [0, 0.1) is 0 Å². The number of benzene rings is 4. The van der Waals surface area contributed by atoms with Crippen LogP contribution in [0.25, 0.3) is 0 Å². The van der Waals surface area contributed by atoms with Gasteiger partial charge in [-0.25, -0.2) is 0 Å². The van der Waals surface area contributed by atoms with Crippen LogP contribution in [0.5, 0.6) is 11.5 Å². The Balaban J connectivity index is 1.55. The molecule has 0 saturated heterocycles. The summed E-state index contributed by atoms with van der Waals surface area (Å²) in [5.74, 6) is 0.931. The van der Waals surface area contributed by atoms with Gasteiger partial charge in [-0.05, 0) is 29.8 Å². The maximum atomic E-state index is 13.1. The molecule has 5 nitrogen and oxygen atoms in total. The third-order valence-corrected chi connectivity index (χ3v) is 5.56. The molecular formula is C29H23ClN2O3. The van der Waals surface area contributed by atoms with Gasteiger partial charge >= 0.3 is 0 Å². The van der Waals surface area contributed by atoms with Gasteiger partial charge in [0.15, 0.2) is 11.5 Å². The van der Waals surface area contributed by atoms with Crippen molar-refractivity contribution in [2.75, 3.05) is 7.11 Å². The molecule has 0 bridgehead atoms. The molecule has 0 aliphatic rings. The van der Waals surface area contributed by atoms with Gasteiger partial charge in [0.25, 0.3) is 0 Å². The standard InChI is InChI=1S/C29H23ClN2O3/c1-34-27-18-21(16-17-26(27)35-20-24-14-8-9-15-25(24)30)19-31-32-28(22-10-4-2-5-11-22)29(33)23-12-6-3-7-13-23/h2-19H,20H2,1H3/b31-19+,32-28+. The lowest BCUT2D eigenvalue weighted by atomic mass is 10.0. The number of carbonyl (C=O) groups is 1. The number of hydrogen-bond acceptors (Lipinski definition) is 5. The van der Waals surface area contributed by atoms with Gasteiger partial charge in [-0.15, -0.1) is 5.10 Å². The Bertz CT molecular complexity index is 1350. The quantitative estimate of drug-likeness (QED) is 0.153. The first kappa shape index (κ1) is 23.9. The minimum Gasteiger partial charge on any atom is -0.493 e. The molecule has 0 N–H and O–H groups in total. The van der Waals surface area contributed by atoms with Crippen LogP contribution in [0.2, 0.25) is 5.02 Å². The lowest BCUT2D eigenvalue weighted by Gasteiger charge is -2.12. The van der Waals surface area contributed by atoms with E-state index in [0.29, 0.717) is 34.3 Å². The molecule has 4 aromatic rings. The van der Waals surface area contributed by atoms with Gasteiger partial charge in [0, 0.05) is 21.7 Å². The number of carbonyl (C=O) groups excluding carboxylic acids is 1. The van der Waals surface area contributed by atoms with E-state index in [1.54, 1.807) is 37.6 Å². The lowest BCUT2D eigenvalue weighted by Crippen LogP contribution is -2.15. The summed E-state index contributed by atoms with van der Waals surface area (Å²) in [7, 11) is 1.57. The first-order chi connectivity index (χ1) is 17.2. The number of nitrogens with zero attached hydrogens (tertiary/aromatic N) is 2. The van der Waals surface area contributed by atoms with Crippen molar-refractivity contribution in [3.8, 4) is 11.5 Å². The highest BCUT2D eigenvalue weighted by molar-refractivity contribution is 6.51. The topological polar surface area (TPSA) is 60.2 Å². The van der Waals surface area contributed by atoms with E-state index in [9.17, 15) is 4.79 Å².